The molecule has 0 fully saturated rings. The van der Waals surface area contributed by atoms with Crippen LogP contribution in [0.25, 0.3) is 15.3 Å². The molecule has 6 heteroatoms. The highest BCUT2D eigenvalue weighted by Gasteiger charge is 2.13. The van der Waals surface area contributed by atoms with Gasteiger partial charge in [0.05, 0.1) is 20.8 Å². The highest BCUT2D eigenvalue weighted by molar-refractivity contribution is 7.80. The Morgan fingerprint density at radius 2 is 2.12 bits per heavy atom. The van der Waals surface area contributed by atoms with Gasteiger partial charge in [-0.1, -0.05) is 23.5 Å². The van der Waals surface area contributed by atoms with Gasteiger partial charge >= 0.3 is 0 Å². The van der Waals surface area contributed by atoms with E-state index in [0.717, 1.165) is 21.0 Å². The van der Waals surface area contributed by atoms with E-state index < -0.39 is 0 Å². The number of rotatable bonds is 1. The molecular formula is C11H10N4S2. The van der Waals surface area contributed by atoms with Crippen molar-refractivity contribution in [1.29, 1.82) is 0 Å². The highest BCUT2D eigenvalue weighted by atomic mass is 32.1. The molecule has 86 valence electrons. The Balaban J connectivity index is 2.23. The molecule has 0 unspecified atom stereocenters. The number of fused-ring (bicyclic) bond motifs is 1. The van der Waals surface area contributed by atoms with Crippen molar-refractivity contribution in [2.45, 2.75) is 11.8 Å². The summed E-state index contributed by atoms with van der Waals surface area (Å²) in [5.41, 5.74) is 7.72. The van der Waals surface area contributed by atoms with Crippen LogP contribution in [-0.4, -0.2) is 14.8 Å². The number of benzene rings is 1. The number of nitrogens with two attached hydrogens (primary N) is 1. The van der Waals surface area contributed by atoms with Crippen molar-refractivity contribution in [3.63, 3.8) is 0 Å². The number of thiol groups is 1. The first-order chi connectivity index (χ1) is 8.16. The normalized spacial score (nSPS) is 11.2. The molecule has 0 radical (unpaired) electrons. The first-order valence-corrected chi connectivity index (χ1v) is 6.33. The Morgan fingerprint density at radius 1 is 1.35 bits per heavy atom. The van der Waals surface area contributed by atoms with E-state index in [0.29, 0.717) is 10.7 Å². The van der Waals surface area contributed by atoms with Crippen LogP contribution in [0.3, 0.4) is 0 Å². The zero-order chi connectivity index (χ0) is 12.0. The number of nitrogens with zero attached hydrogens (tertiary/aromatic N) is 3. The largest absolute Gasteiger partial charge is 0.383 e. The van der Waals surface area contributed by atoms with Crippen molar-refractivity contribution >= 4 is 40.0 Å². The van der Waals surface area contributed by atoms with E-state index in [4.69, 9.17) is 5.73 Å². The van der Waals surface area contributed by atoms with E-state index in [1.54, 1.807) is 16.0 Å². The number of para-hydroxylation sites is 1. The molecule has 0 spiro atoms. The molecule has 3 rings (SSSR count). The summed E-state index contributed by atoms with van der Waals surface area (Å²) in [6.07, 6.45) is 0. The monoisotopic (exact) mass is 262 g/mol. The summed E-state index contributed by atoms with van der Waals surface area (Å²) in [6.45, 7) is 1.88. The summed E-state index contributed by atoms with van der Waals surface area (Å²) in [7, 11) is 0. The van der Waals surface area contributed by atoms with Crippen LogP contribution < -0.4 is 5.73 Å². The molecule has 2 heterocycles. The summed E-state index contributed by atoms with van der Waals surface area (Å²) in [6, 6.07) is 7.97. The molecule has 2 N–H and O–H groups in total. The number of thiazole rings is 1. The smallest absolute Gasteiger partial charge is 0.213 e. The van der Waals surface area contributed by atoms with Crippen LogP contribution in [-0.2, 0) is 0 Å². The fourth-order valence-corrected chi connectivity index (χ4v) is 2.70. The van der Waals surface area contributed by atoms with Gasteiger partial charge in [-0.15, -0.1) is 12.6 Å². The number of aryl methyl sites for hydroxylation is 1. The fraction of sp³-hybridized carbons (Fsp3) is 0.0909. The molecule has 2 aromatic heterocycles. The van der Waals surface area contributed by atoms with Gasteiger partial charge in [0.1, 0.15) is 5.82 Å². The van der Waals surface area contributed by atoms with Gasteiger partial charge in [-0.2, -0.15) is 9.78 Å². The molecule has 0 aliphatic heterocycles. The highest BCUT2D eigenvalue weighted by Crippen LogP contribution is 2.29. The Kier molecular flexibility index (Phi) is 2.34. The molecule has 0 aliphatic carbocycles. The van der Waals surface area contributed by atoms with Crippen LogP contribution in [0.1, 0.15) is 5.69 Å². The second-order valence-electron chi connectivity index (χ2n) is 3.70. The number of nitrogen functional groups attached to an aromatic ring is 1. The molecular weight excluding hydrogens is 252 g/mol. The zero-order valence-electron chi connectivity index (χ0n) is 9.08. The molecule has 0 bridgehead atoms. The topological polar surface area (TPSA) is 56.7 Å². The van der Waals surface area contributed by atoms with Crippen molar-refractivity contribution in [3.05, 3.63) is 30.0 Å². The van der Waals surface area contributed by atoms with E-state index in [2.05, 4.69) is 22.7 Å². The van der Waals surface area contributed by atoms with Gasteiger partial charge in [-0.3, -0.25) is 0 Å². The minimum absolute atomic E-state index is 0.532. The van der Waals surface area contributed by atoms with Crippen LogP contribution in [0.5, 0.6) is 0 Å². The third-order valence-electron chi connectivity index (χ3n) is 2.53. The predicted molar refractivity (Wildman–Crippen MR) is 73.1 cm³/mol. The molecule has 1 aromatic carbocycles. The lowest BCUT2D eigenvalue weighted by atomic mass is 10.3. The first-order valence-electron chi connectivity index (χ1n) is 5.07. The Bertz CT molecular complexity index is 666. The van der Waals surface area contributed by atoms with Crippen molar-refractivity contribution < 1.29 is 0 Å². The van der Waals surface area contributed by atoms with Gasteiger partial charge in [0.15, 0.2) is 0 Å². The van der Waals surface area contributed by atoms with Gasteiger partial charge in [-0.25, -0.2) is 4.98 Å². The summed E-state index contributed by atoms with van der Waals surface area (Å²) >= 11 is 5.88. The SMILES string of the molecule is Cc1nn(-c2nc3ccccc3s2)c(N)c1S. The zero-order valence-corrected chi connectivity index (χ0v) is 10.8. The molecule has 0 atom stereocenters. The number of hydrogen-bond acceptors (Lipinski definition) is 5. The minimum atomic E-state index is 0.532. The molecule has 17 heavy (non-hydrogen) atoms. The fourth-order valence-electron chi connectivity index (χ4n) is 1.63. The second kappa shape index (κ2) is 3.75. The van der Waals surface area contributed by atoms with Gasteiger partial charge in [-0.05, 0) is 19.1 Å². The van der Waals surface area contributed by atoms with E-state index in [9.17, 15) is 0 Å². The van der Waals surface area contributed by atoms with Gasteiger partial charge < -0.3 is 5.73 Å². The summed E-state index contributed by atoms with van der Waals surface area (Å²) in [5.74, 6) is 0.532. The van der Waals surface area contributed by atoms with Crippen LogP contribution >= 0.6 is 24.0 Å². The van der Waals surface area contributed by atoms with E-state index in [1.165, 1.54) is 0 Å². The average Bonchev–Trinajstić information content (AvgIpc) is 2.86. The Hall–Kier alpha value is -1.53. The molecule has 0 amide bonds. The maximum atomic E-state index is 5.95. The molecule has 0 saturated carbocycles. The quantitative estimate of drug-likeness (QED) is 0.663. The number of aromatic nitrogens is 3. The third-order valence-corrected chi connectivity index (χ3v) is 4.09. The lowest BCUT2D eigenvalue weighted by molar-refractivity contribution is 0.865. The predicted octanol–water partition coefficient (Wildman–Crippen LogP) is 2.66. The standard InChI is InChI=1S/C11H10N4S2/c1-6-9(16)10(12)15(14-6)11-13-7-4-2-3-5-8(7)17-11/h2-5,16H,12H2,1H3. The van der Waals surface area contributed by atoms with Crippen molar-refractivity contribution in [2.24, 2.45) is 0 Å². The molecule has 3 aromatic rings. The van der Waals surface area contributed by atoms with E-state index >= 15 is 0 Å². The maximum Gasteiger partial charge on any atom is 0.213 e. The third kappa shape index (κ3) is 1.60. The Morgan fingerprint density at radius 3 is 2.76 bits per heavy atom. The van der Waals surface area contributed by atoms with Gasteiger partial charge in [0.25, 0.3) is 0 Å². The lowest BCUT2D eigenvalue weighted by Gasteiger charge is -1.97. The van der Waals surface area contributed by atoms with Gasteiger partial charge in [0, 0.05) is 0 Å². The minimum Gasteiger partial charge on any atom is -0.383 e. The van der Waals surface area contributed by atoms with Crippen LogP contribution in [0.15, 0.2) is 29.2 Å². The average molecular weight is 262 g/mol. The first kappa shape index (κ1) is 10.6. The molecule has 0 saturated heterocycles. The number of hydrogen-bond donors (Lipinski definition) is 2. The second-order valence-corrected chi connectivity index (χ2v) is 5.15. The maximum absolute atomic E-state index is 5.95. The van der Waals surface area contributed by atoms with Crippen LogP contribution in [0, 0.1) is 6.92 Å². The molecule has 0 aliphatic rings. The van der Waals surface area contributed by atoms with Gasteiger partial charge in [0.2, 0.25) is 5.13 Å². The van der Waals surface area contributed by atoms with Crippen molar-refractivity contribution in [1.82, 2.24) is 14.8 Å². The van der Waals surface area contributed by atoms with Crippen LogP contribution in [0.2, 0.25) is 0 Å². The summed E-state index contributed by atoms with van der Waals surface area (Å²) < 4.78 is 2.76. The van der Waals surface area contributed by atoms with E-state index in [1.807, 2.05) is 31.2 Å². The Labute approximate surface area is 107 Å². The van der Waals surface area contributed by atoms with Crippen molar-refractivity contribution in [3.8, 4) is 5.13 Å². The van der Waals surface area contributed by atoms with E-state index in [-0.39, 0.29) is 0 Å². The van der Waals surface area contributed by atoms with Crippen LogP contribution in [0.4, 0.5) is 5.82 Å². The number of anilines is 1. The summed E-state index contributed by atoms with van der Waals surface area (Å²) in [5, 5.41) is 5.11. The van der Waals surface area contributed by atoms with Crippen molar-refractivity contribution in [2.75, 3.05) is 5.73 Å². The summed E-state index contributed by atoms with van der Waals surface area (Å²) in [4.78, 5) is 5.22. The lowest BCUT2D eigenvalue weighted by Crippen LogP contribution is -2.01. The molecule has 4 nitrogen and oxygen atoms in total.